The average Bonchev–Trinajstić information content (AvgIpc) is 3.07. The minimum Gasteiger partial charge on any atom is -0.370 e. The normalized spacial score (nSPS) is 30.1. The quantitative estimate of drug-likeness (QED) is 0.723. The zero-order chi connectivity index (χ0) is 20.8. The van der Waals surface area contributed by atoms with Crippen LogP contribution in [0.4, 0.5) is 5.69 Å². The molecule has 30 heavy (non-hydrogen) atoms. The van der Waals surface area contributed by atoms with Crippen LogP contribution in [-0.4, -0.2) is 44.1 Å². The highest BCUT2D eigenvalue weighted by atomic mass is 31.2. The van der Waals surface area contributed by atoms with Crippen molar-refractivity contribution in [3.05, 3.63) is 53.1 Å². The van der Waals surface area contributed by atoms with E-state index < -0.39 is 7.44 Å². The first-order valence-corrected chi connectivity index (χ1v) is 13.0. The Morgan fingerprint density at radius 3 is 2.47 bits per heavy atom. The highest BCUT2D eigenvalue weighted by Gasteiger charge is 2.54. The van der Waals surface area contributed by atoms with Crippen LogP contribution in [0.3, 0.4) is 0 Å². The van der Waals surface area contributed by atoms with E-state index >= 15 is 4.57 Å². The lowest BCUT2D eigenvalue weighted by molar-refractivity contribution is -0.871. The molecule has 3 fully saturated rings. The zero-order valence-electron chi connectivity index (χ0n) is 18.2. The summed E-state index contributed by atoms with van der Waals surface area (Å²) in [7, 11) is -2.98. The third-order valence-corrected chi connectivity index (χ3v) is 9.87. The highest BCUT2D eigenvalue weighted by molar-refractivity contribution is 7.68. The molecule has 0 bridgehead atoms. The molecule has 1 atom stereocenters. The molecule has 3 heterocycles. The van der Waals surface area contributed by atoms with Crippen molar-refractivity contribution < 1.29 is 14.2 Å². The first kappa shape index (κ1) is 20.3. The Morgan fingerprint density at radius 2 is 1.77 bits per heavy atom. The number of piperidine rings is 1. The van der Waals surface area contributed by atoms with Crippen LogP contribution in [0.15, 0.2) is 53.1 Å². The van der Waals surface area contributed by atoms with Crippen molar-refractivity contribution in [2.45, 2.75) is 39.5 Å². The van der Waals surface area contributed by atoms with Crippen LogP contribution in [0, 0.1) is 5.41 Å². The van der Waals surface area contributed by atoms with Gasteiger partial charge >= 0.3 is 0 Å². The predicted octanol–water partition coefficient (Wildman–Crippen LogP) is 3.13. The summed E-state index contributed by atoms with van der Waals surface area (Å²) >= 11 is 0. The van der Waals surface area contributed by atoms with Crippen LogP contribution in [0.5, 0.6) is 0 Å². The van der Waals surface area contributed by atoms with Gasteiger partial charge in [0.25, 0.3) is 7.44 Å². The third-order valence-electron chi connectivity index (χ3n) is 6.74. The van der Waals surface area contributed by atoms with Crippen molar-refractivity contribution in [1.29, 1.82) is 0 Å². The Labute approximate surface area is 180 Å². The Bertz CT molecular complexity index is 899. The number of allylic oxidation sites excluding steroid dienone is 3. The zero-order valence-corrected chi connectivity index (χ0v) is 19.1. The van der Waals surface area contributed by atoms with Crippen LogP contribution >= 0.6 is 7.44 Å². The van der Waals surface area contributed by atoms with Crippen LogP contribution in [0.25, 0.3) is 0 Å². The van der Waals surface area contributed by atoms with Gasteiger partial charge in [-0.15, -0.1) is 0 Å². The van der Waals surface area contributed by atoms with Gasteiger partial charge < -0.3 is 9.64 Å². The molecule has 5 rings (SSSR count). The van der Waals surface area contributed by atoms with E-state index in [4.69, 9.17) is 4.74 Å². The number of ether oxygens (including phenoxy) is 1. The van der Waals surface area contributed by atoms with Gasteiger partial charge in [0.1, 0.15) is 24.1 Å². The summed E-state index contributed by atoms with van der Waals surface area (Å²) in [5.41, 5.74) is 7.01. The standard InChI is InChI=1S/C23H33N4O2P/c1-23(2)17-20-22(21(18-23)25-13-15-29-16-14-25)30(28,26-11-7-4-8-12-26)27(24-20)19-9-5-3-6-10-19/h3,5-6,9-10,17,24H,4,7-8,11-16,18H2,1-2H3/p+1/t30-/m0/s1. The number of fused-ring (bicyclic) bond motifs is 1. The van der Waals surface area contributed by atoms with Gasteiger partial charge in [-0.05, 0) is 30.4 Å². The van der Waals surface area contributed by atoms with E-state index in [1.807, 2.05) is 23.0 Å². The number of rotatable bonds is 3. The van der Waals surface area contributed by atoms with Gasteiger partial charge in [0.15, 0.2) is 0 Å². The number of nitrogens with one attached hydrogen (secondary N) is 2. The van der Waals surface area contributed by atoms with Gasteiger partial charge in [-0.3, -0.25) is 9.99 Å². The minimum absolute atomic E-state index is 0.0336. The number of hydrogen-bond acceptors (Lipinski definition) is 3. The van der Waals surface area contributed by atoms with Crippen molar-refractivity contribution in [2.24, 2.45) is 5.41 Å². The lowest BCUT2D eigenvalue weighted by Crippen LogP contribution is -3.12. The fourth-order valence-electron chi connectivity index (χ4n) is 5.33. The smallest absolute Gasteiger partial charge is 0.294 e. The average molecular weight is 430 g/mol. The molecule has 7 heteroatoms. The maximum Gasteiger partial charge on any atom is 0.294 e. The van der Waals surface area contributed by atoms with E-state index in [0.717, 1.165) is 75.4 Å². The molecule has 3 saturated heterocycles. The number of anilines is 1. The number of hydrogen-bond donors (Lipinski definition) is 2. The highest BCUT2D eigenvalue weighted by Crippen LogP contribution is 2.68. The van der Waals surface area contributed by atoms with E-state index in [-0.39, 0.29) is 5.41 Å². The van der Waals surface area contributed by atoms with Gasteiger partial charge in [-0.2, -0.15) is 0 Å². The molecule has 6 nitrogen and oxygen atoms in total. The van der Waals surface area contributed by atoms with Gasteiger partial charge in [-0.1, -0.05) is 44.5 Å². The molecule has 1 aliphatic carbocycles. The molecule has 1 aromatic carbocycles. The van der Waals surface area contributed by atoms with E-state index in [0.29, 0.717) is 0 Å². The first-order chi connectivity index (χ1) is 14.5. The first-order valence-electron chi connectivity index (χ1n) is 11.4. The van der Waals surface area contributed by atoms with E-state index in [9.17, 15) is 0 Å². The molecular formula is C23H34N4O2P+. The summed E-state index contributed by atoms with van der Waals surface area (Å²) in [4.78, 5) is 1.45. The van der Waals surface area contributed by atoms with Crippen LogP contribution < -0.4 is 15.1 Å². The van der Waals surface area contributed by atoms with Gasteiger partial charge in [0.05, 0.1) is 24.6 Å². The molecule has 0 spiro atoms. The Balaban J connectivity index is 1.68. The van der Waals surface area contributed by atoms with Crippen molar-refractivity contribution in [1.82, 2.24) is 10.1 Å². The van der Waals surface area contributed by atoms with Crippen molar-refractivity contribution in [2.75, 3.05) is 44.2 Å². The minimum atomic E-state index is -2.98. The molecule has 3 aliphatic heterocycles. The van der Waals surface area contributed by atoms with Crippen LogP contribution in [0.2, 0.25) is 0 Å². The molecule has 0 amide bonds. The van der Waals surface area contributed by atoms with Crippen molar-refractivity contribution in [3.8, 4) is 0 Å². The maximum atomic E-state index is 15.2. The molecule has 0 aromatic heterocycles. The molecule has 2 N–H and O–H groups in total. The van der Waals surface area contributed by atoms with Gasteiger partial charge in [0.2, 0.25) is 0 Å². The van der Waals surface area contributed by atoms with Crippen molar-refractivity contribution in [3.63, 3.8) is 0 Å². The second-order valence-electron chi connectivity index (χ2n) is 9.58. The molecule has 0 radical (unpaired) electrons. The monoisotopic (exact) mass is 429 g/mol. The number of morpholine rings is 1. The molecular weight excluding hydrogens is 395 g/mol. The number of para-hydroxylation sites is 1. The van der Waals surface area contributed by atoms with E-state index in [2.05, 4.69) is 42.2 Å². The summed E-state index contributed by atoms with van der Waals surface area (Å²) in [5.74, 6) is 0. The van der Waals surface area contributed by atoms with E-state index in [1.165, 1.54) is 17.0 Å². The fourth-order valence-corrected chi connectivity index (χ4v) is 8.60. The van der Waals surface area contributed by atoms with Gasteiger partial charge in [-0.25, -0.2) is 9.45 Å². The molecule has 1 aromatic rings. The molecule has 0 saturated carbocycles. The van der Waals surface area contributed by atoms with Gasteiger partial charge in [0, 0.05) is 19.5 Å². The molecule has 0 unspecified atom stereocenters. The second-order valence-corrected chi connectivity index (χ2v) is 12.1. The summed E-state index contributed by atoms with van der Waals surface area (Å²) in [6, 6.07) is 10.2. The molecule has 4 aliphatic rings. The fraction of sp³-hybridized carbons (Fsp3) is 0.565. The number of quaternary nitrogens is 1. The van der Waals surface area contributed by atoms with Crippen molar-refractivity contribution >= 4 is 13.1 Å². The lowest BCUT2D eigenvalue weighted by Gasteiger charge is -2.39. The predicted molar refractivity (Wildman–Crippen MR) is 120 cm³/mol. The number of benzene rings is 1. The summed E-state index contributed by atoms with van der Waals surface area (Å²) in [6.07, 6.45) is 6.72. The lowest BCUT2D eigenvalue weighted by atomic mass is 9.82. The largest absolute Gasteiger partial charge is 0.370 e. The number of hydrazine groups is 1. The number of nitrogens with zero attached hydrogens (tertiary/aromatic N) is 2. The maximum absolute atomic E-state index is 15.2. The second kappa shape index (κ2) is 7.83. The summed E-state index contributed by atoms with van der Waals surface area (Å²) < 4.78 is 25.1. The third kappa shape index (κ3) is 3.44. The Morgan fingerprint density at radius 1 is 1.07 bits per heavy atom. The SMILES string of the molecule is CC1(C)C=C2NN(c3ccccc3)[P@@](=O)(N3CCCCC3)C2=C([NH+]2CCOCC2)C1. The van der Waals surface area contributed by atoms with Crippen LogP contribution in [0.1, 0.15) is 39.5 Å². The summed E-state index contributed by atoms with van der Waals surface area (Å²) in [5, 5.41) is 1.07. The Hall–Kier alpha value is -1.59. The van der Waals surface area contributed by atoms with E-state index in [1.54, 1.807) is 0 Å². The van der Waals surface area contributed by atoms with Crippen LogP contribution in [-0.2, 0) is 9.30 Å². The molecule has 162 valence electrons. The summed E-state index contributed by atoms with van der Waals surface area (Å²) in [6.45, 7) is 9.82. The Kier molecular flexibility index (Phi) is 5.30. The topological polar surface area (TPSA) is 49.2 Å².